The summed E-state index contributed by atoms with van der Waals surface area (Å²) in [4.78, 5) is 16.9. The van der Waals surface area contributed by atoms with Crippen LogP contribution in [0.3, 0.4) is 0 Å². The Kier molecular flexibility index (Phi) is 5.86. The molecule has 0 bridgehead atoms. The highest BCUT2D eigenvalue weighted by atomic mass is 35.5. The summed E-state index contributed by atoms with van der Waals surface area (Å²) in [5.74, 6) is -0.0699. The van der Waals surface area contributed by atoms with E-state index in [1.807, 2.05) is 38.1 Å². The number of carbonyl (C=O) groups excluding carboxylic acids is 1. The molecule has 2 rings (SSSR count). The van der Waals surface area contributed by atoms with Gasteiger partial charge < -0.3 is 15.1 Å². The van der Waals surface area contributed by atoms with Gasteiger partial charge in [-0.05, 0) is 38.6 Å². The van der Waals surface area contributed by atoms with E-state index >= 15 is 0 Å². The van der Waals surface area contributed by atoms with E-state index in [4.69, 9.17) is 11.6 Å². The van der Waals surface area contributed by atoms with Gasteiger partial charge in [0.05, 0.1) is 11.4 Å². The molecule has 1 heterocycles. The largest absolute Gasteiger partial charge is 0.367 e. The quantitative estimate of drug-likeness (QED) is 0.863. The number of amides is 1. The molecule has 1 N–H and O–H groups in total. The summed E-state index contributed by atoms with van der Waals surface area (Å²) in [6, 6.07) is 5.69. The Morgan fingerprint density at radius 1 is 1.32 bits per heavy atom. The van der Waals surface area contributed by atoms with Crippen LogP contribution in [0.5, 0.6) is 0 Å². The lowest BCUT2D eigenvalue weighted by atomic mass is 10.2. The Morgan fingerprint density at radius 2 is 2.00 bits per heavy atom. The fraction of sp³-hybridized carbons (Fsp3) is 0.471. The molecule has 1 amide bonds. The van der Waals surface area contributed by atoms with Crippen LogP contribution in [0.1, 0.15) is 20.3 Å². The van der Waals surface area contributed by atoms with Crippen molar-refractivity contribution in [3.63, 3.8) is 0 Å². The predicted molar refractivity (Wildman–Crippen MR) is 93.8 cm³/mol. The van der Waals surface area contributed by atoms with Crippen LogP contribution in [0.15, 0.2) is 29.8 Å². The normalized spacial score (nSPS) is 16.7. The molecule has 0 saturated carbocycles. The van der Waals surface area contributed by atoms with E-state index in [0.29, 0.717) is 5.02 Å². The maximum absolute atomic E-state index is 12.3. The number of halogens is 1. The van der Waals surface area contributed by atoms with Gasteiger partial charge in [0.15, 0.2) is 0 Å². The third-order valence-electron chi connectivity index (χ3n) is 3.92. The first-order chi connectivity index (χ1) is 10.5. The fourth-order valence-corrected chi connectivity index (χ4v) is 2.72. The fourth-order valence-electron chi connectivity index (χ4n) is 2.55. The zero-order valence-corrected chi connectivity index (χ0v) is 14.3. The average molecular weight is 322 g/mol. The Hall–Kier alpha value is -1.52. The number of anilines is 2. The van der Waals surface area contributed by atoms with Gasteiger partial charge in [0.25, 0.3) is 5.91 Å². The van der Waals surface area contributed by atoms with Gasteiger partial charge in [0.2, 0.25) is 0 Å². The van der Waals surface area contributed by atoms with Crippen molar-refractivity contribution >= 4 is 28.9 Å². The molecule has 1 aromatic rings. The van der Waals surface area contributed by atoms with Crippen LogP contribution < -0.4 is 10.2 Å². The number of piperazine rings is 1. The smallest absolute Gasteiger partial charge is 0.251 e. The van der Waals surface area contributed by atoms with Gasteiger partial charge in [-0.3, -0.25) is 4.79 Å². The number of allylic oxidation sites excluding steroid dienone is 1. The molecular formula is C17H24ClN3O. The Labute approximate surface area is 137 Å². The number of hydrogen-bond acceptors (Lipinski definition) is 3. The third-order valence-corrected chi connectivity index (χ3v) is 4.15. The van der Waals surface area contributed by atoms with Crippen LogP contribution >= 0.6 is 11.6 Å². The molecule has 22 heavy (non-hydrogen) atoms. The summed E-state index contributed by atoms with van der Waals surface area (Å²) in [6.07, 6.45) is 2.77. The predicted octanol–water partition coefficient (Wildman–Crippen LogP) is 3.39. The van der Waals surface area contributed by atoms with Gasteiger partial charge in [-0.25, -0.2) is 0 Å². The number of carbonyl (C=O) groups is 1. The molecule has 5 heteroatoms. The highest BCUT2D eigenvalue weighted by Gasteiger charge is 2.18. The van der Waals surface area contributed by atoms with Gasteiger partial charge >= 0.3 is 0 Å². The minimum atomic E-state index is -0.0699. The van der Waals surface area contributed by atoms with E-state index in [9.17, 15) is 4.79 Å². The molecule has 0 unspecified atom stereocenters. The van der Waals surface area contributed by atoms with Crippen LogP contribution in [-0.4, -0.2) is 44.0 Å². The van der Waals surface area contributed by atoms with Crippen molar-refractivity contribution in [2.45, 2.75) is 20.3 Å². The average Bonchev–Trinajstić information content (AvgIpc) is 2.49. The number of hydrogen-bond donors (Lipinski definition) is 1. The number of nitrogens with one attached hydrogen (secondary N) is 1. The lowest BCUT2D eigenvalue weighted by Crippen LogP contribution is -2.44. The van der Waals surface area contributed by atoms with Crippen molar-refractivity contribution in [3.8, 4) is 0 Å². The van der Waals surface area contributed by atoms with E-state index in [2.05, 4.69) is 22.2 Å². The molecule has 0 atom stereocenters. The maximum atomic E-state index is 12.3. The molecular weight excluding hydrogens is 298 g/mol. The minimum Gasteiger partial charge on any atom is -0.367 e. The Bertz CT molecular complexity index is 563. The summed E-state index contributed by atoms with van der Waals surface area (Å²) in [5, 5.41) is 3.63. The molecule has 0 spiro atoms. The van der Waals surface area contributed by atoms with Gasteiger partial charge in [-0.1, -0.05) is 24.6 Å². The van der Waals surface area contributed by atoms with Crippen molar-refractivity contribution in [3.05, 3.63) is 34.9 Å². The van der Waals surface area contributed by atoms with E-state index in [1.54, 1.807) is 0 Å². The van der Waals surface area contributed by atoms with E-state index in [1.165, 1.54) is 0 Å². The third kappa shape index (κ3) is 4.24. The molecule has 1 aliphatic heterocycles. The van der Waals surface area contributed by atoms with Gasteiger partial charge in [0, 0.05) is 36.8 Å². The summed E-state index contributed by atoms with van der Waals surface area (Å²) in [5.41, 5.74) is 2.55. The van der Waals surface area contributed by atoms with E-state index in [-0.39, 0.29) is 5.91 Å². The van der Waals surface area contributed by atoms with Gasteiger partial charge in [0.1, 0.15) is 0 Å². The molecule has 1 aromatic carbocycles. The molecule has 120 valence electrons. The number of likely N-dealkylation sites (N-methyl/N-ethyl adjacent to an activating group) is 1. The van der Waals surface area contributed by atoms with Crippen LogP contribution in [0, 0.1) is 0 Å². The topological polar surface area (TPSA) is 35.6 Å². The molecule has 0 aliphatic carbocycles. The second-order valence-corrected chi connectivity index (χ2v) is 6.14. The molecule has 4 nitrogen and oxygen atoms in total. The summed E-state index contributed by atoms with van der Waals surface area (Å²) < 4.78 is 0. The van der Waals surface area contributed by atoms with Crippen molar-refractivity contribution in [1.29, 1.82) is 0 Å². The summed E-state index contributed by atoms with van der Waals surface area (Å²) in [7, 11) is 2.13. The lowest BCUT2D eigenvalue weighted by molar-refractivity contribution is -0.112. The van der Waals surface area contributed by atoms with Crippen molar-refractivity contribution in [1.82, 2.24) is 4.90 Å². The maximum Gasteiger partial charge on any atom is 0.251 e. The molecule has 1 saturated heterocycles. The van der Waals surface area contributed by atoms with E-state index < -0.39 is 0 Å². The van der Waals surface area contributed by atoms with Gasteiger partial charge in [-0.2, -0.15) is 0 Å². The molecule has 0 radical (unpaired) electrons. The minimum absolute atomic E-state index is 0.0699. The van der Waals surface area contributed by atoms with Crippen molar-refractivity contribution in [2.75, 3.05) is 43.4 Å². The molecule has 1 fully saturated rings. The van der Waals surface area contributed by atoms with Crippen LogP contribution in [0.4, 0.5) is 11.4 Å². The lowest BCUT2D eigenvalue weighted by Gasteiger charge is -2.35. The first-order valence-corrected chi connectivity index (χ1v) is 8.10. The summed E-state index contributed by atoms with van der Waals surface area (Å²) >= 11 is 6.11. The Balaban J connectivity index is 2.21. The van der Waals surface area contributed by atoms with Crippen LogP contribution in [-0.2, 0) is 4.79 Å². The van der Waals surface area contributed by atoms with Crippen LogP contribution in [0.2, 0.25) is 5.02 Å². The first-order valence-electron chi connectivity index (χ1n) is 7.72. The second kappa shape index (κ2) is 7.65. The highest BCUT2D eigenvalue weighted by molar-refractivity contribution is 6.31. The zero-order chi connectivity index (χ0) is 16.1. The molecule has 0 aromatic heterocycles. The summed E-state index contributed by atoms with van der Waals surface area (Å²) in [6.45, 7) is 7.79. The Morgan fingerprint density at radius 3 is 2.64 bits per heavy atom. The van der Waals surface area contributed by atoms with Gasteiger partial charge in [-0.15, -0.1) is 0 Å². The highest BCUT2D eigenvalue weighted by Crippen LogP contribution is 2.30. The number of rotatable bonds is 4. The van der Waals surface area contributed by atoms with E-state index in [0.717, 1.165) is 49.5 Å². The monoisotopic (exact) mass is 321 g/mol. The standard InChI is InChI=1S/C17H24ClN3O/c1-4-5-13(2)17(22)19-15-12-14(18)6-7-16(15)21-10-8-20(3)9-11-21/h5-7,12H,4,8-11H2,1-3H3,(H,19,22). The second-order valence-electron chi connectivity index (χ2n) is 5.70. The zero-order valence-electron chi connectivity index (χ0n) is 13.5. The SMILES string of the molecule is CCC=C(C)C(=O)Nc1cc(Cl)ccc1N1CCN(C)CC1. The number of benzene rings is 1. The van der Waals surface area contributed by atoms with Crippen molar-refractivity contribution < 1.29 is 4.79 Å². The van der Waals surface area contributed by atoms with Crippen molar-refractivity contribution in [2.24, 2.45) is 0 Å². The first kappa shape index (κ1) is 16.8. The molecule has 1 aliphatic rings. The van der Waals surface area contributed by atoms with Crippen LogP contribution in [0.25, 0.3) is 0 Å². The number of nitrogens with zero attached hydrogens (tertiary/aromatic N) is 2.